The van der Waals surface area contributed by atoms with E-state index in [1.54, 1.807) is 0 Å². The zero-order chi connectivity index (χ0) is 17.5. The van der Waals surface area contributed by atoms with Crippen molar-refractivity contribution in [3.63, 3.8) is 0 Å². The highest BCUT2D eigenvalue weighted by Crippen LogP contribution is 2.13. The minimum absolute atomic E-state index is 0.0593. The quantitative estimate of drug-likeness (QED) is 0.829. The van der Waals surface area contributed by atoms with Crippen molar-refractivity contribution in [2.45, 2.75) is 38.3 Å². The number of piperidine rings is 1. The van der Waals surface area contributed by atoms with Gasteiger partial charge in [-0.3, -0.25) is 4.79 Å². The molecule has 2 amide bonds. The van der Waals surface area contributed by atoms with Crippen LogP contribution in [0, 0.1) is 0 Å². The van der Waals surface area contributed by atoms with E-state index in [-0.39, 0.29) is 24.2 Å². The molecule has 2 fully saturated rings. The maximum atomic E-state index is 12.5. The second-order valence-electron chi connectivity index (χ2n) is 6.71. The summed E-state index contributed by atoms with van der Waals surface area (Å²) in [6.07, 6.45) is 6.06. The van der Waals surface area contributed by atoms with Crippen LogP contribution < -0.4 is 10.9 Å². The Morgan fingerprint density at radius 1 is 1.28 bits per heavy atom. The SMILES string of the molecule is O=C(NCc1cc(=O)[nH]cn1)N1CCCO[C@H](CN2CCCCC2)C1. The van der Waals surface area contributed by atoms with E-state index >= 15 is 0 Å². The van der Waals surface area contributed by atoms with E-state index in [0.717, 1.165) is 26.1 Å². The number of nitrogens with zero attached hydrogens (tertiary/aromatic N) is 3. The van der Waals surface area contributed by atoms with Crippen LogP contribution in [0.25, 0.3) is 0 Å². The number of aromatic nitrogens is 2. The minimum atomic E-state index is -0.219. The van der Waals surface area contributed by atoms with Gasteiger partial charge in [0, 0.05) is 32.3 Å². The topological polar surface area (TPSA) is 90.6 Å². The largest absolute Gasteiger partial charge is 0.375 e. The molecule has 2 saturated heterocycles. The van der Waals surface area contributed by atoms with Gasteiger partial charge in [0.15, 0.2) is 0 Å². The summed E-state index contributed by atoms with van der Waals surface area (Å²) in [5.41, 5.74) is 0.331. The summed E-state index contributed by atoms with van der Waals surface area (Å²) in [5, 5.41) is 2.85. The molecule has 3 rings (SSSR count). The Kier molecular flexibility index (Phi) is 6.41. The predicted molar refractivity (Wildman–Crippen MR) is 93.3 cm³/mol. The van der Waals surface area contributed by atoms with E-state index in [0.29, 0.717) is 25.4 Å². The highest BCUT2D eigenvalue weighted by atomic mass is 16.5. The third kappa shape index (κ3) is 5.54. The molecule has 1 aromatic rings. The highest BCUT2D eigenvalue weighted by Gasteiger charge is 2.24. The maximum Gasteiger partial charge on any atom is 0.317 e. The van der Waals surface area contributed by atoms with Crippen molar-refractivity contribution in [3.8, 4) is 0 Å². The summed E-state index contributed by atoms with van der Waals surface area (Å²) in [7, 11) is 0. The number of ether oxygens (including phenoxy) is 1. The van der Waals surface area contributed by atoms with Crippen LogP contribution in [0.5, 0.6) is 0 Å². The van der Waals surface area contributed by atoms with Gasteiger partial charge in [-0.15, -0.1) is 0 Å². The Hall–Kier alpha value is -1.93. The highest BCUT2D eigenvalue weighted by molar-refractivity contribution is 5.74. The number of carbonyl (C=O) groups is 1. The summed E-state index contributed by atoms with van der Waals surface area (Å²) in [4.78, 5) is 34.5. The van der Waals surface area contributed by atoms with E-state index in [4.69, 9.17) is 4.74 Å². The molecular formula is C17H27N5O3. The fraction of sp³-hybridized carbons (Fsp3) is 0.706. The van der Waals surface area contributed by atoms with Gasteiger partial charge >= 0.3 is 6.03 Å². The van der Waals surface area contributed by atoms with Crippen molar-refractivity contribution in [2.75, 3.05) is 39.3 Å². The first-order valence-corrected chi connectivity index (χ1v) is 9.11. The number of carbonyl (C=O) groups excluding carboxylic acids is 1. The number of amides is 2. The molecule has 2 aliphatic heterocycles. The van der Waals surface area contributed by atoms with Crippen molar-refractivity contribution >= 4 is 6.03 Å². The van der Waals surface area contributed by atoms with Crippen LogP contribution in [0.1, 0.15) is 31.4 Å². The lowest BCUT2D eigenvalue weighted by molar-refractivity contribution is 0.0256. The number of urea groups is 1. The molecule has 2 N–H and O–H groups in total. The molecule has 0 spiro atoms. The number of H-pyrrole nitrogens is 1. The lowest BCUT2D eigenvalue weighted by atomic mass is 10.1. The van der Waals surface area contributed by atoms with E-state index in [2.05, 4.69) is 20.2 Å². The lowest BCUT2D eigenvalue weighted by Crippen LogP contribution is -2.46. The Morgan fingerprint density at radius 2 is 2.12 bits per heavy atom. The fourth-order valence-electron chi connectivity index (χ4n) is 3.40. The molecule has 8 heteroatoms. The molecular weight excluding hydrogens is 322 g/mol. The summed E-state index contributed by atoms with van der Waals surface area (Å²) in [5.74, 6) is 0. The van der Waals surface area contributed by atoms with E-state index in [9.17, 15) is 9.59 Å². The molecule has 138 valence electrons. The molecule has 25 heavy (non-hydrogen) atoms. The van der Waals surface area contributed by atoms with Crippen molar-refractivity contribution < 1.29 is 9.53 Å². The van der Waals surface area contributed by atoms with Crippen LogP contribution in [0.4, 0.5) is 4.79 Å². The number of aromatic amines is 1. The summed E-state index contributed by atoms with van der Waals surface area (Å²) >= 11 is 0. The molecule has 0 aliphatic carbocycles. The monoisotopic (exact) mass is 349 g/mol. The number of likely N-dealkylation sites (tertiary alicyclic amines) is 1. The van der Waals surface area contributed by atoms with Crippen molar-refractivity contribution in [1.82, 2.24) is 25.1 Å². The average molecular weight is 349 g/mol. The van der Waals surface area contributed by atoms with E-state index in [1.807, 2.05) is 4.90 Å². The molecule has 0 radical (unpaired) electrons. The predicted octanol–water partition coefficient (Wildman–Crippen LogP) is 0.556. The summed E-state index contributed by atoms with van der Waals surface area (Å²) in [6, 6.07) is 1.27. The van der Waals surface area contributed by atoms with Gasteiger partial charge in [-0.2, -0.15) is 0 Å². The second-order valence-corrected chi connectivity index (χ2v) is 6.71. The van der Waals surface area contributed by atoms with Crippen LogP contribution >= 0.6 is 0 Å². The summed E-state index contributed by atoms with van der Waals surface area (Å²) in [6.45, 7) is 5.37. The standard InChI is InChI=1S/C17H27N5O3/c23-16-9-14(19-13-20-16)10-18-17(24)22-7-4-8-25-15(12-22)11-21-5-2-1-3-6-21/h9,13,15H,1-8,10-12H2,(H,18,24)(H,19,20,23)/t15-/m1/s1. The van der Waals surface area contributed by atoms with Crippen LogP contribution in [0.15, 0.2) is 17.2 Å². The van der Waals surface area contributed by atoms with Gasteiger partial charge in [0.25, 0.3) is 5.56 Å². The molecule has 8 nitrogen and oxygen atoms in total. The number of nitrogens with one attached hydrogen (secondary N) is 2. The van der Waals surface area contributed by atoms with Crippen molar-refractivity contribution in [1.29, 1.82) is 0 Å². The number of hydrogen-bond acceptors (Lipinski definition) is 5. The van der Waals surface area contributed by atoms with Gasteiger partial charge in [-0.1, -0.05) is 6.42 Å². The molecule has 3 heterocycles. The smallest absolute Gasteiger partial charge is 0.317 e. The molecule has 2 aliphatic rings. The third-order valence-corrected chi connectivity index (χ3v) is 4.70. The Morgan fingerprint density at radius 3 is 2.92 bits per heavy atom. The van der Waals surface area contributed by atoms with Crippen molar-refractivity contribution in [3.05, 3.63) is 28.4 Å². The number of rotatable bonds is 4. The second kappa shape index (κ2) is 8.96. The lowest BCUT2D eigenvalue weighted by Gasteiger charge is -2.31. The normalized spacial score (nSPS) is 22.4. The first-order chi connectivity index (χ1) is 12.2. The Labute approximate surface area is 147 Å². The van der Waals surface area contributed by atoms with Gasteiger partial charge < -0.3 is 24.8 Å². The van der Waals surface area contributed by atoms with Crippen LogP contribution in [0.2, 0.25) is 0 Å². The van der Waals surface area contributed by atoms with E-state index in [1.165, 1.54) is 31.7 Å². The van der Waals surface area contributed by atoms with Crippen LogP contribution in [-0.4, -0.2) is 71.2 Å². The van der Waals surface area contributed by atoms with Crippen LogP contribution in [0.3, 0.4) is 0 Å². The molecule has 0 saturated carbocycles. The minimum Gasteiger partial charge on any atom is -0.375 e. The zero-order valence-electron chi connectivity index (χ0n) is 14.6. The average Bonchev–Trinajstić information content (AvgIpc) is 2.86. The van der Waals surface area contributed by atoms with Gasteiger partial charge in [-0.25, -0.2) is 9.78 Å². The zero-order valence-corrected chi connectivity index (χ0v) is 14.6. The van der Waals surface area contributed by atoms with Crippen molar-refractivity contribution in [2.24, 2.45) is 0 Å². The molecule has 0 aromatic carbocycles. The number of hydrogen-bond donors (Lipinski definition) is 2. The Balaban J connectivity index is 1.50. The molecule has 0 bridgehead atoms. The molecule has 1 aromatic heterocycles. The summed E-state index contributed by atoms with van der Waals surface area (Å²) < 4.78 is 5.94. The third-order valence-electron chi connectivity index (χ3n) is 4.70. The van der Waals surface area contributed by atoms with Gasteiger partial charge in [0.2, 0.25) is 0 Å². The fourth-order valence-corrected chi connectivity index (χ4v) is 3.40. The van der Waals surface area contributed by atoms with Gasteiger partial charge in [0.05, 0.1) is 24.7 Å². The first-order valence-electron chi connectivity index (χ1n) is 9.11. The van der Waals surface area contributed by atoms with Gasteiger partial charge in [0.1, 0.15) is 0 Å². The van der Waals surface area contributed by atoms with Gasteiger partial charge in [-0.05, 0) is 32.4 Å². The maximum absolute atomic E-state index is 12.5. The van der Waals surface area contributed by atoms with E-state index < -0.39 is 0 Å². The van der Waals surface area contributed by atoms with Crippen LogP contribution in [-0.2, 0) is 11.3 Å². The molecule has 0 unspecified atom stereocenters. The molecule has 1 atom stereocenters. The first kappa shape index (κ1) is 17.9. The Bertz CT molecular complexity index is 614.